The summed E-state index contributed by atoms with van der Waals surface area (Å²) in [7, 11) is 1.37. The van der Waals surface area contributed by atoms with Crippen LogP contribution in [0, 0.1) is 13.8 Å². The molecule has 0 amide bonds. The van der Waals surface area contributed by atoms with Crippen LogP contribution in [-0.4, -0.2) is 18.2 Å². The lowest BCUT2D eigenvalue weighted by Crippen LogP contribution is -2.10. The fourth-order valence-corrected chi connectivity index (χ4v) is 1.91. The number of benzene rings is 1. The van der Waals surface area contributed by atoms with Crippen LogP contribution in [-0.2, 0) is 11.2 Å². The van der Waals surface area contributed by atoms with Crippen molar-refractivity contribution < 1.29 is 14.6 Å². The predicted octanol–water partition coefficient (Wildman–Crippen LogP) is 2.75. The molecule has 0 aliphatic rings. The Balaban J connectivity index is 3.44. The minimum absolute atomic E-state index is 0.244. The van der Waals surface area contributed by atoms with Gasteiger partial charge in [0.1, 0.15) is 5.75 Å². The first-order valence-corrected chi connectivity index (χ1v) is 5.43. The minimum Gasteiger partial charge on any atom is -0.508 e. The van der Waals surface area contributed by atoms with E-state index in [1.165, 1.54) is 7.11 Å². The SMILES string of the molecule is CCCc1c(C)c(O)cc(C)c1C(=O)OC. The number of hydrogen-bond acceptors (Lipinski definition) is 3. The highest BCUT2D eigenvalue weighted by Gasteiger charge is 2.18. The Morgan fingerprint density at radius 2 is 2.06 bits per heavy atom. The molecule has 0 saturated carbocycles. The van der Waals surface area contributed by atoms with Gasteiger partial charge in [0.05, 0.1) is 12.7 Å². The van der Waals surface area contributed by atoms with Crippen molar-refractivity contribution >= 4 is 5.97 Å². The van der Waals surface area contributed by atoms with Crippen molar-refractivity contribution in [2.24, 2.45) is 0 Å². The number of ether oxygens (including phenoxy) is 1. The number of esters is 1. The molecule has 0 spiro atoms. The van der Waals surface area contributed by atoms with Gasteiger partial charge in [0.25, 0.3) is 0 Å². The van der Waals surface area contributed by atoms with Crippen molar-refractivity contribution in [1.82, 2.24) is 0 Å². The van der Waals surface area contributed by atoms with Crippen LogP contribution in [0.15, 0.2) is 6.07 Å². The van der Waals surface area contributed by atoms with Crippen LogP contribution in [0.4, 0.5) is 0 Å². The monoisotopic (exact) mass is 222 g/mol. The van der Waals surface area contributed by atoms with Gasteiger partial charge in [-0.25, -0.2) is 4.79 Å². The second-order valence-corrected chi connectivity index (χ2v) is 3.93. The van der Waals surface area contributed by atoms with Crippen molar-refractivity contribution in [1.29, 1.82) is 0 Å². The number of methoxy groups -OCH3 is 1. The molecule has 16 heavy (non-hydrogen) atoms. The van der Waals surface area contributed by atoms with E-state index in [1.54, 1.807) is 6.07 Å². The number of aromatic hydroxyl groups is 1. The average Bonchev–Trinajstić information content (AvgIpc) is 2.25. The van der Waals surface area contributed by atoms with Crippen molar-refractivity contribution in [3.8, 4) is 5.75 Å². The van der Waals surface area contributed by atoms with E-state index in [0.29, 0.717) is 5.56 Å². The molecular formula is C13H18O3. The molecule has 0 radical (unpaired) electrons. The molecule has 0 unspecified atom stereocenters. The molecule has 0 atom stereocenters. The maximum atomic E-state index is 11.7. The molecule has 1 rings (SSSR count). The Kier molecular flexibility index (Phi) is 3.93. The summed E-state index contributed by atoms with van der Waals surface area (Å²) in [6.07, 6.45) is 1.69. The quantitative estimate of drug-likeness (QED) is 0.800. The number of phenols is 1. The van der Waals surface area contributed by atoms with Gasteiger partial charge in [0.15, 0.2) is 0 Å². The van der Waals surface area contributed by atoms with Crippen LogP contribution >= 0.6 is 0 Å². The van der Waals surface area contributed by atoms with Gasteiger partial charge in [-0.2, -0.15) is 0 Å². The Morgan fingerprint density at radius 1 is 1.44 bits per heavy atom. The Bertz CT molecular complexity index is 408. The maximum Gasteiger partial charge on any atom is 0.338 e. The van der Waals surface area contributed by atoms with Crippen LogP contribution in [0.5, 0.6) is 5.75 Å². The topological polar surface area (TPSA) is 46.5 Å². The van der Waals surface area contributed by atoms with E-state index in [0.717, 1.165) is 29.5 Å². The molecule has 0 heterocycles. The van der Waals surface area contributed by atoms with E-state index in [1.807, 2.05) is 20.8 Å². The van der Waals surface area contributed by atoms with Crippen molar-refractivity contribution in [2.45, 2.75) is 33.6 Å². The second-order valence-electron chi connectivity index (χ2n) is 3.93. The van der Waals surface area contributed by atoms with E-state index >= 15 is 0 Å². The number of phenolic OH excluding ortho intramolecular Hbond substituents is 1. The molecule has 0 aliphatic carbocycles. The summed E-state index contributed by atoms with van der Waals surface area (Å²) in [6.45, 7) is 5.68. The van der Waals surface area contributed by atoms with Crippen LogP contribution < -0.4 is 0 Å². The highest BCUT2D eigenvalue weighted by Crippen LogP contribution is 2.28. The van der Waals surface area contributed by atoms with Gasteiger partial charge in [-0.1, -0.05) is 13.3 Å². The lowest BCUT2D eigenvalue weighted by atomic mass is 9.93. The fraction of sp³-hybridized carbons (Fsp3) is 0.462. The van der Waals surface area contributed by atoms with Gasteiger partial charge in [-0.3, -0.25) is 0 Å². The van der Waals surface area contributed by atoms with Crippen molar-refractivity contribution in [3.63, 3.8) is 0 Å². The van der Waals surface area contributed by atoms with Crippen LogP contribution in [0.25, 0.3) is 0 Å². The molecule has 0 aromatic heterocycles. The minimum atomic E-state index is -0.330. The summed E-state index contributed by atoms with van der Waals surface area (Å²) in [4.78, 5) is 11.7. The highest BCUT2D eigenvalue weighted by atomic mass is 16.5. The average molecular weight is 222 g/mol. The van der Waals surface area contributed by atoms with E-state index in [4.69, 9.17) is 4.74 Å². The summed E-state index contributed by atoms with van der Waals surface area (Å²) in [6, 6.07) is 1.61. The molecule has 3 heteroatoms. The first kappa shape index (κ1) is 12.6. The maximum absolute atomic E-state index is 11.7. The third-order valence-corrected chi connectivity index (χ3v) is 2.78. The van der Waals surface area contributed by atoms with Gasteiger partial charge < -0.3 is 9.84 Å². The summed E-state index contributed by atoms with van der Waals surface area (Å²) >= 11 is 0. The van der Waals surface area contributed by atoms with Crippen LogP contribution in [0.1, 0.15) is 40.4 Å². The Labute approximate surface area is 96.1 Å². The smallest absolute Gasteiger partial charge is 0.338 e. The summed E-state index contributed by atoms with van der Waals surface area (Å²) in [5.74, 6) is -0.0855. The molecule has 1 aromatic carbocycles. The lowest BCUT2D eigenvalue weighted by molar-refractivity contribution is 0.0598. The standard InChI is InChI=1S/C13H18O3/c1-5-6-10-9(3)11(14)7-8(2)12(10)13(15)16-4/h7,14H,5-6H2,1-4H3. The molecule has 1 N–H and O–H groups in total. The van der Waals surface area contributed by atoms with Gasteiger partial charge in [0.2, 0.25) is 0 Å². The summed E-state index contributed by atoms with van der Waals surface area (Å²) in [5, 5.41) is 9.73. The van der Waals surface area contributed by atoms with Gasteiger partial charge in [-0.05, 0) is 43.0 Å². The molecule has 0 saturated heterocycles. The van der Waals surface area contributed by atoms with Gasteiger partial charge in [-0.15, -0.1) is 0 Å². The molecule has 0 aliphatic heterocycles. The van der Waals surface area contributed by atoms with Crippen LogP contribution in [0.2, 0.25) is 0 Å². The molecule has 0 fully saturated rings. The molecular weight excluding hydrogens is 204 g/mol. The van der Waals surface area contributed by atoms with E-state index < -0.39 is 0 Å². The molecule has 3 nitrogen and oxygen atoms in total. The van der Waals surface area contributed by atoms with E-state index in [2.05, 4.69) is 0 Å². The predicted molar refractivity (Wildman–Crippen MR) is 62.9 cm³/mol. The zero-order chi connectivity index (χ0) is 12.3. The van der Waals surface area contributed by atoms with Crippen molar-refractivity contribution in [3.05, 3.63) is 28.3 Å². The van der Waals surface area contributed by atoms with Gasteiger partial charge in [0, 0.05) is 0 Å². The zero-order valence-corrected chi connectivity index (χ0v) is 10.3. The third-order valence-electron chi connectivity index (χ3n) is 2.78. The Morgan fingerprint density at radius 3 is 2.56 bits per heavy atom. The number of aryl methyl sites for hydroxylation is 1. The second kappa shape index (κ2) is 5.01. The molecule has 88 valence electrons. The highest BCUT2D eigenvalue weighted by molar-refractivity contribution is 5.93. The van der Waals surface area contributed by atoms with Crippen LogP contribution in [0.3, 0.4) is 0 Å². The van der Waals surface area contributed by atoms with Crippen molar-refractivity contribution in [2.75, 3.05) is 7.11 Å². The zero-order valence-electron chi connectivity index (χ0n) is 10.3. The number of carbonyl (C=O) groups is 1. The largest absolute Gasteiger partial charge is 0.508 e. The van der Waals surface area contributed by atoms with Gasteiger partial charge >= 0.3 is 5.97 Å². The van der Waals surface area contributed by atoms with E-state index in [9.17, 15) is 9.90 Å². The normalized spacial score (nSPS) is 10.2. The first-order valence-electron chi connectivity index (χ1n) is 5.43. The lowest BCUT2D eigenvalue weighted by Gasteiger charge is -2.14. The number of rotatable bonds is 3. The third kappa shape index (κ3) is 2.18. The summed E-state index contributed by atoms with van der Waals surface area (Å²) < 4.78 is 4.78. The van der Waals surface area contributed by atoms with E-state index in [-0.39, 0.29) is 11.7 Å². The Hall–Kier alpha value is -1.51. The fourth-order valence-electron chi connectivity index (χ4n) is 1.91. The number of carbonyl (C=O) groups excluding carboxylic acids is 1. The summed E-state index contributed by atoms with van der Waals surface area (Å²) in [5.41, 5.74) is 3.03. The number of hydrogen-bond donors (Lipinski definition) is 1. The molecule has 0 bridgehead atoms. The first-order chi connectivity index (χ1) is 7.52. The molecule has 1 aromatic rings.